The van der Waals surface area contributed by atoms with Gasteiger partial charge in [-0.05, 0) is 35.4 Å². The van der Waals surface area contributed by atoms with Crippen LogP contribution in [0.25, 0.3) is 10.8 Å². The number of ether oxygens (including phenoxy) is 1. The number of carbonyl (C=O) groups excluding carboxylic acids is 2. The Hall–Kier alpha value is -2.56. The molecular weight excluding hydrogens is 385 g/mol. The molecular formula is C21H17Cl2NO3. The zero-order valence-corrected chi connectivity index (χ0v) is 16.1. The minimum atomic E-state index is -0.970. The van der Waals surface area contributed by atoms with Crippen LogP contribution in [0.5, 0.6) is 0 Å². The molecule has 3 aromatic carbocycles. The van der Waals surface area contributed by atoms with Gasteiger partial charge >= 0.3 is 5.97 Å². The Balaban J connectivity index is 1.64. The van der Waals surface area contributed by atoms with Crippen LogP contribution in [0.4, 0.5) is 5.69 Å². The molecule has 0 saturated carbocycles. The molecule has 0 radical (unpaired) electrons. The van der Waals surface area contributed by atoms with E-state index in [1.165, 1.54) is 6.92 Å². The van der Waals surface area contributed by atoms with Gasteiger partial charge in [-0.2, -0.15) is 0 Å². The van der Waals surface area contributed by atoms with Crippen molar-refractivity contribution in [2.75, 3.05) is 5.32 Å². The smallest absolute Gasteiger partial charge is 0.311 e. The molecule has 0 spiro atoms. The van der Waals surface area contributed by atoms with E-state index in [2.05, 4.69) is 5.32 Å². The number of rotatable bonds is 5. The van der Waals surface area contributed by atoms with Gasteiger partial charge in [-0.1, -0.05) is 71.7 Å². The van der Waals surface area contributed by atoms with Gasteiger partial charge in [0.25, 0.3) is 5.91 Å². The summed E-state index contributed by atoms with van der Waals surface area (Å²) in [4.78, 5) is 24.6. The maximum absolute atomic E-state index is 12.3. The number of carbonyl (C=O) groups is 2. The van der Waals surface area contributed by atoms with Crippen molar-refractivity contribution in [2.45, 2.75) is 19.4 Å². The summed E-state index contributed by atoms with van der Waals surface area (Å²) in [5.74, 6) is -0.961. The first kappa shape index (κ1) is 19.2. The van der Waals surface area contributed by atoms with Gasteiger partial charge in [-0.3, -0.25) is 9.59 Å². The summed E-state index contributed by atoms with van der Waals surface area (Å²) in [7, 11) is 0. The van der Waals surface area contributed by atoms with Crippen LogP contribution in [0.1, 0.15) is 12.5 Å². The summed E-state index contributed by atoms with van der Waals surface area (Å²) in [6.45, 7) is 1.51. The van der Waals surface area contributed by atoms with Crippen molar-refractivity contribution in [3.8, 4) is 0 Å². The molecule has 0 aliphatic rings. The normalized spacial score (nSPS) is 11.8. The minimum absolute atomic E-state index is 0.0803. The number of halogens is 2. The molecule has 0 saturated heterocycles. The molecule has 0 aromatic heterocycles. The summed E-state index contributed by atoms with van der Waals surface area (Å²) in [6.07, 6.45) is -0.890. The number of benzene rings is 3. The van der Waals surface area contributed by atoms with Crippen LogP contribution in [0.2, 0.25) is 10.0 Å². The molecule has 138 valence electrons. The fourth-order valence-electron chi connectivity index (χ4n) is 2.73. The SMILES string of the molecule is CC(OC(=O)Cc1cccc2ccccc12)C(=O)Nc1cccc(Cl)c1Cl. The van der Waals surface area contributed by atoms with Crippen LogP contribution in [0, 0.1) is 0 Å². The highest BCUT2D eigenvalue weighted by Gasteiger charge is 2.20. The van der Waals surface area contributed by atoms with Crippen LogP contribution in [0.3, 0.4) is 0 Å². The molecule has 1 unspecified atom stereocenters. The molecule has 3 rings (SSSR count). The van der Waals surface area contributed by atoms with Crippen LogP contribution in [-0.4, -0.2) is 18.0 Å². The third-order valence-electron chi connectivity index (χ3n) is 4.10. The fourth-order valence-corrected chi connectivity index (χ4v) is 3.08. The third-order valence-corrected chi connectivity index (χ3v) is 4.92. The first-order valence-electron chi connectivity index (χ1n) is 8.36. The molecule has 0 heterocycles. The number of anilines is 1. The van der Waals surface area contributed by atoms with Gasteiger partial charge in [0, 0.05) is 0 Å². The lowest BCUT2D eigenvalue weighted by Crippen LogP contribution is -2.30. The molecule has 3 aromatic rings. The van der Waals surface area contributed by atoms with E-state index in [0.717, 1.165) is 16.3 Å². The van der Waals surface area contributed by atoms with E-state index in [-0.39, 0.29) is 11.4 Å². The molecule has 0 aliphatic heterocycles. The molecule has 0 fully saturated rings. The second-order valence-corrected chi connectivity index (χ2v) is 6.82. The number of hydrogen-bond donors (Lipinski definition) is 1. The third kappa shape index (κ3) is 4.59. The molecule has 1 atom stereocenters. The second-order valence-electron chi connectivity index (χ2n) is 6.04. The predicted molar refractivity (Wildman–Crippen MR) is 108 cm³/mol. The molecule has 4 nitrogen and oxygen atoms in total. The van der Waals surface area contributed by atoms with Gasteiger partial charge in [0.05, 0.1) is 22.2 Å². The molecule has 1 N–H and O–H groups in total. The van der Waals surface area contributed by atoms with E-state index in [1.54, 1.807) is 18.2 Å². The molecule has 0 aliphatic carbocycles. The highest BCUT2D eigenvalue weighted by molar-refractivity contribution is 6.44. The van der Waals surface area contributed by atoms with E-state index in [0.29, 0.717) is 10.7 Å². The van der Waals surface area contributed by atoms with Crippen molar-refractivity contribution in [1.29, 1.82) is 0 Å². The Bertz CT molecular complexity index is 998. The van der Waals surface area contributed by atoms with Gasteiger partial charge in [-0.25, -0.2) is 0 Å². The van der Waals surface area contributed by atoms with Gasteiger partial charge in [0.15, 0.2) is 6.10 Å². The van der Waals surface area contributed by atoms with Crippen molar-refractivity contribution < 1.29 is 14.3 Å². The summed E-state index contributed by atoms with van der Waals surface area (Å²) < 4.78 is 5.28. The number of esters is 1. The van der Waals surface area contributed by atoms with E-state index in [1.807, 2.05) is 42.5 Å². The van der Waals surface area contributed by atoms with E-state index in [9.17, 15) is 9.59 Å². The van der Waals surface area contributed by atoms with Gasteiger partial charge in [0.1, 0.15) is 0 Å². The molecule has 0 bridgehead atoms. The summed E-state index contributed by atoms with van der Waals surface area (Å²) in [5.41, 5.74) is 1.22. The van der Waals surface area contributed by atoms with Crippen molar-refractivity contribution in [1.82, 2.24) is 0 Å². The van der Waals surface area contributed by atoms with E-state index in [4.69, 9.17) is 27.9 Å². The van der Waals surface area contributed by atoms with Crippen molar-refractivity contribution in [3.05, 3.63) is 76.3 Å². The lowest BCUT2D eigenvalue weighted by atomic mass is 10.0. The lowest BCUT2D eigenvalue weighted by molar-refractivity contribution is -0.152. The average molecular weight is 402 g/mol. The van der Waals surface area contributed by atoms with Crippen molar-refractivity contribution >= 4 is 51.5 Å². The standard InChI is InChI=1S/C21H17Cl2NO3/c1-13(21(26)24-18-11-5-10-17(22)20(18)23)27-19(25)12-15-8-4-7-14-6-2-3-9-16(14)15/h2-11,13H,12H2,1H3,(H,24,26). The van der Waals surface area contributed by atoms with E-state index < -0.39 is 18.0 Å². The predicted octanol–water partition coefficient (Wildman–Crippen LogP) is 5.26. The van der Waals surface area contributed by atoms with Crippen LogP contribution < -0.4 is 5.32 Å². The summed E-state index contributed by atoms with van der Waals surface area (Å²) in [6, 6.07) is 18.5. The Morgan fingerprint density at radius 3 is 2.52 bits per heavy atom. The van der Waals surface area contributed by atoms with Crippen LogP contribution in [0.15, 0.2) is 60.7 Å². The van der Waals surface area contributed by atoms with Gasteiger partial charge < -0.3 is 10.1 Å². The molecule has 6 heteroatoms. The van der Waals surface area contributed by atoms with Crippen molar-refractivity contribution in [3.63, 3.8) is 0 Å². The Labute approximate surface area is 167 Å². The number of hydrogen-bond acceptors (Lipinski definition) is 3. The quantitative estimate of drug-likeness (QED) is 0.593. The maximum atomic E-state index is 12.3. The van der Waals surface area contributed by atoms with Gasteiger partial charge in [-0.15, -0.1) is 0 Å². The highest BCUT2D eigenvalue weighted by Crippen LogP contribution is 2.29. The average Bonchev–Trinajstić information content (AvgIpc) is 2.65. The highest BCUT2D eigenvalue weighted by atomic mass is 35.5. The minimum Gasteiger partial charge on any atom is -0.452 e. The Morgan fingerprint density at radius 1 is 1.00 bits per heavy atom. The second kappa shape index (κ2) is 8.42. The zero-order valence-electron chi connectivity index (χ0n) is 14.5. The number of nitrogens with one attached hydrogen (secondary N) is 1. The van der Waals surface area contributed by atoms with Crippen LogP contribution >= 0.6 is 23.2 Å². The molecule has 1 amide bonds. The Morgan fingerprint density at radius 2 is 1.70 bits per heavy atom. The van der Waals surface area contributed by atoms with Crippen LogP contribution in [-0.2, 0) is 20.7 Å². The number of amides is 1. The molecule has 27 heavy (non-hydrogen) atoms. The monoisotopic (exact) mass is 401 g/mol. The van der Waals surface area contributed by atoms with Crippen molar-refractivity contribution in [2.24, 2.45) is 0 Å². The van der Waals surface area contributed by atoms with Gasteiger partial charge in [0.2, 0.25) is 0 Å². The van der Waals surface area contributed by atoms with E-state index >= 15 is 0 Å². The Kier molecular flexibility index (Phi) is 5.99. The first-order valence-corrected chi connectivity index (χ1v) is 9.12. The summed E-state index contributed by atoms with van der Waals surface area (Å²) >= 11 is 12.0. The summed E-state index contributed by atoms with van der Waals surface area (Å²) in [5, 5.41) is 5.22. The lowest BCUT2D eigenvalue weighted by Gasteiger charge is -2.15. The topological polar surface area (TPSA) is 55.4 Å². The zero-order chi connectivity index (χ0) is 19.4. The largest absolute Gasteiger partial charge is 0.452 e. The fraction of sp³-hybridized carbons (Fsp3) is 0.143. The maximum Gasteiger partial charge on any atom is 0.311 e. The number of fused-ring (bicyclic) bond motifs is 1. The first-order chi connectivity index (χ1) is 13.0.